The highest BCUT2D eigenvalue weighted by atomic mass is 32.1. The topological polar surface area (TPSA) is 50.7 Å². The molecule has 2 unspecified atom stereocenters. The lowest BCUT2D eigenvalue weighted by atomic mass is 10.1. The highest BCUT2D eigenvalue weighted by Crippen LogP contribution is 2.15. The largest absolute Gasteiger partial charge is 0.389 e. The molecule has 19 heavy (non-hydrogen) atoms. The van der Waals surface area contributed by atoms with Gasteiger partial charge in [0, 0.05) is 24.6 Å². The van der Waals surface area contributed by atoms with Crippen LogP contribution in [0.15, 0.2) is 17.5 Å². The molecule has 1 saturated heterocycles. The first-order chi connectivity index (χ1) is 9.34. The summed E-state index contributed by atoms with van der Waals surface area (Å²) in [5.41, 5.74) is 0. The van der Waals surface area contributed by atoms with Gasteiger partial charge >= 0.3 is 0 Å². The number of hydrogen-bond donors (Lipinski definition) is 2. The van der Waals surface area contributed by atoms with Crippen LogP contribution >= 0.6 is 11.3 Å². The summed E-state index contributed by atoms with van der Waals surface area (Å²) in [5, 5.41) is 15.1. The predicted molar refractivity (Wildman–Crippen MR) is 76.4 cm³/mol. The van der Waals surface area contributed by atoms with Crippen molar-refractivity contribution in [3.05, 3.63) is 22.4 Å². The quantitative estimate of drug-likeness (QED) is 0.677. The zero-order valence-corrected chi connectivity index (χ0v) is 12.0. The van der Waals surface area contributed by atoms with E-state index in [0.29, 0.717) is 25.7 Å². The van der Waals surface area contributed by atoms with Gasteiger partial charge in [-0.2, -0.15) is 0 Å². The van der Waals surface area contributed by atoms with Gasteiger partial charge in [0.25, 0.3) is 0 Å². The third kappa shape index (κ3) is 6.01. The number of nitrogens with one attached hydrogen (secondary N) is 1. The van der Waals surface area contributed by atoms with Crippen LogP contribution in [-0.4, -0.2) is 44.1 Å². The standard InChI is InChI=1S/C14H23NO3S/c16-13(10-18-11-14-2-1-7-19-14)8-15-5-3-12-4-6-17-9-12/h1-2,7,12-13,15-16H,3-6,8-11H2. The highest BCUT2D eigenvalue weighted by Gasteiger charge is 2.14. The molecule has 1 aliphatic rings. The summed E-state index contributed by atoms with van der Waals surface area (Å²) in [6.45, 7) is 4.32. The first-order valence-electron chi connectivity index (χ1n) is 6.91. The van der Waals surface area contributed by atoms with Gasteiger partial charge in [0.1, 0.15) is 0 Å². The molecular formula is C14H23NO3S. The van der Waals surface area contributed by atoms with Crippen LogP contribution in [0, 0.1) is 5.92 Å². The summed E-state index contributed by atoms with van der Waals surface area (Å²) >= 11 is 1.68. The Hall–Kier alpha value is -0.460. The van der Waals surface area contributed by atoms with Gasteiger partial charge in [-0.1, -0.05) is 6.07 Å². The SMILES string of the molecule is OC(CNCCC1CCOC1)COCc1cccs1. The zero-order valence-electron chi connectivity index (χ0n) is 11.2. The highest BCUT2D eigenvalue weighted by molar-refractivity contribution is 7.09. The van der Waals surface area contributed by atoms with Gasteiger partial charge in [0.2, 0.25) is 0 Å². The Bertz CT molecular complexity index is 325. The Morgan fingerprint density at radius 3 is 3.26 bits per heavy atom. The van der Waals surface area contributed by atoms with E-state index in [1.54, 1.807) is 11.3 Å². The summed E-state index contributed by atoms with van der Waals surface area (Å²) < 4.78 is 10.8. The van der Waals surface area contributed by atoms with E-state index < -0.39 is 6.10 Å². The van der Waals surface area contributed by atoms with E-state index in [2.05, 4.69) is 5.32 Å². The van der Waals surface area contributed by atoms with Gasteiger partial charge in [0.15, 0.2) is 0 Å². The van der Waals surface area contributed by atoms with Crippen LogP contribution in [0.1, 0.15) is 17.7 Å². The van der Waals surface area contributed by atoms with Gasteiger partial charge in [-0.05, 0) is 36.8 Å². The molecule has 1 aromatic heterocycles. The number of aliphatic hydroxyl groups is 1. The molecule has 108 valence electrons. The molecule has 0 amide bonds. The molecule has 5 heteroatoms. The normalized spacial score (nSPS) is 20.8. The van der Waals surface area contributed by atoms with Crippen molar-refractivity contribution in [1.29, 1.82) is 0 Å². The summed E-state index contributed by atoms with van der Waals surface area (Å²) in [5.74, 6) is 0.694. The number of ether oxygens (including phenoxy) is 2. The average molecular weight is 285 g/mol. The van der Waals surface area contributed by atoms with Gasteiger partial charge in [-0.3, -0.25) is 0 Å². The Balaban J connectivity index is 1.44. The van der Waals surface area contributed by atoms with Gasteiger partial charge in [-0.15, -0.1) is 11.3 Å². The lowest BCUT2D eigenvalue weighted by Crippen LogP contribution is -2.31. The number of aliphatic hydroxyl groups excluding tert-OH is 1. The van der Waals surface area contributed by atoms with Crippen molar-refractivity contribution in [2.75, 3.05) is 32.9 Å². The second kappa shape index (κ2) is 8.66. The minimum absolute atomic E-state index is 0.386. The molecule has 2 rings (SSSR count). The molecule has 0 bridgehead atoms. The van der Waals surface area contributed by atoms with Crippen molar-refractivity contribution in [2.45, 2.75) is 25.6 Å². The van der Waals surface area contributed by atoms with Gasteiger partial charge in [-0.25, -0.2) is 0 Å². The van der Waals surface area contributed by atoms with Crippen LogP contribution in [-0.2, 0) is 16.1 Å². The molecule has 1 fully saturated rings. The fourth-order valence-corrected chi connectivity index (χ4v) is 2.78. The van der Waals surface area contributed by atoms with Crippen LogP contribution in [0.4, 0.5) is 0 Å². The molecule has 0 aromatic carbocycles. The molecule has 0 aliphatic carbocycles. The van der Waals surface area contributed by atoms with E-state index in [-0.39, 0.29) is 0 Å². The molecule has 2 atom stereocenters. The minimum atomic E-state index is -0.431. The Morgan fingerprint density at radius 1 is 1.58 bits per heavy atom. The average Bonchev–Trinajstić information content (AvgIpc) is 3.07. The van der Waals surface area contributed by atoms with Crippen molar-refractivity contribution in [2.24, 2.45) is 5.92 Å². The molecule has 0 saturated carbocycles. The van der Waals surface area contributed by atoms with Crippen molar-refractivity contribution >= 4 is 11.3 Å². The van der Waals surface area contributed by atoms with Crippen LogP contribution in [0.3, 0.4) is 0 Å². The molecule has 0 spiro atoms. The maximum absolute atomic E-state index is 9.76. The Morgan fingerprint density at radius 2 is 2.53 bits per heavy atom. The van der Waals surface area contributed by atoms with E-state index in [1.807, 2.05) is 17.5 Å². The van der Waals surface area contributed by atoms with E-state index >= 15 is 0 Å². The van der Waals surface area contributed by atoms with Crippen molar-refractivity contribution in [3.63, 3.8) is 0 Å². The first-order valence-corrected chi connectivity index (χ1v) is 7.79. The summed E-state index contributed by atoms with van der Waals surface area (Å²) in [6.07, 6.45) is 1.87. The zero-order chi connectivity index (χ0) is 13.3. The van der Waals surface area contributed by atoms with Crippen LogP contribution in [0.2, 0.25) is 0 Å². The fraction of sp³-hybridized carbons (Fsp3) is 0.714. The summed E-state index contributed by atoms with van der Waals surface area (Å²) in [4.78, 5) is 1.20. The fourth-order valence-electron chi connectivity index (χ4n) is 2.14. The predicted octanol–water partition coefficient (Wildman–Crippen LogP) is 1.64. The van der Waals surface area contributed by atoms with E-state index in [9.17, 15) is 5.11 Å². The van der Waals surface area contributed by atoms with E-state index in [0.717, 1.165) is 26.2 Å². The lowest BCUT2D eigenvalue weighted by Gasteiger charge is -2.13. The molecular weight excluding hydrogens is 262 g/mol. The number of thiophene rings is 1. The molecule has 4 nitrogen and oxygen atoms in total. The third-order valence-corrected chi connectivity index (χ3v) is 4.12. The van der Waals surface area contributed by atoms with Crippen molar-refractivity contribution < 1.29 is 14.6 Å². The molecule has 1 aliphatic heterocycles. The first kappa shape index (κ1) is 14.9. The lowest BCUT2D eigenvalue weighted by molar-refractivity contribution is 0.0298. The van der Waals surface area contributed by atoms with E-state index in [4.69, 9.17) is 9.47 Å². The molecule has 1 aromatic rings. The second-order valence-electron chi connectivity index (χ2n) is 4.97. The molecule has 0 radical (unpaired) electrons. The molecule has 2 heterocycles. The summed E-state index contributed by atoms with van der Waals surface area (Å²) in [6, 6.07) is 4.05. The minimum Gasteiger partial charge on any atom is -0.389 e. The summed E-state index contributed by atoms with van der Waals surface area (Å²) in [7, 11) is 0. The smallest absolute Gasteiger partial charge is 0.0897 e. The maximum atomic E-state index is 9.76. The monoisotopic (exact) mass is 285 g/mol. The Labute approximate surface area is 118 Å². The molecule has 2 N–H and O–H groups in total. The van der Waals surface area contributed by atoms with Crippen molar-refractivity contribution in [3.8, 4) is 0 Å². The van der Waals surface area contributed by atoms with Crippen LogP contribution in [0.5, 0.6) is 0 Å². The van der Waals surface area contributed by atoms with Gasteiger partial charge in [0.05, 0.1) is 19.3 Å². The Kier molecular flexibility index (Phi) is 6.81. The van der Waals surface area contributed by atoms with Crippen LogP contribution in [0.25, 0.3) is 0 Å². The number of rotatable bonds is 9. The maximum Gasteiger partial charge on any atom is 0.0897 e. The third-order valence-electron chi connectivity index (χ3n) is 3.27. The number of hydrogen-bond acceptors (Lipinski definition) is 5. The van der Waals surface area contributed by atoms with Crippen LogP contribution < -0.4 is 5.32 Å². The van der Waals surface area contributed by atoms with Crippen molar-refractivity contribution in [1.82, 2.24) is 5.32 Å². The van der Waals surface area contributed by atoms with Gasteiger partial charge < -0.3 is 19.9 Å². The second-order valence-corrected chi connectivity index (χ2v) is 6.00. The van der Waals surface area contributed by atoms with E-state index in [1.165, 1.54) is 11.3 Å².